The van der Waals surface area contributed by atoms with E-state index >= 15 is 0 Å². The highest BCUT2D eigenvalue weighted by molar-refractivity contribution is 5.78. The first-order chi connectivity index (χ1) is 13.5. The van der Waals surface area contributed by atoms with Gasteiger partial charge in [0.25, 0.3) is 5.56 Å². The molecule has 0 saturated carbocycles. The van der Waals surface area contributed by atoms with Crippen molar-refractivity contribution in [3.05, 3.63) is 33.1 Å². The fourth-order valence-corrected chi connectivity index (χ4v) is 3.26. The van der Waals surface area contributed by atoms with Gasteiger partial charge >= 0.3 is 11.8 Å². The number of hydrogen-bond acceptors (Lipinski definition) is 6. The van der Waals surface area contributed by atoms with E-state index in [1.54, 1.807) is 16.5 Å². The number of aromatic nitrogens is 4. The Morgan fingerprint density at radius 3 is 2.31 bits per heavy atom. The maximum atomic E-state index is 12.7. The largest absolute Gasteiger partial charge is 0.444 e. The minimum atomic E-state index is -0.554. The van der Waals surface area contributed by atoms with Crippen LogP contribution in [-0.4, -0.2) is 61.5 Å². The molecule has 156 valence electrons. The van der Waals surface area contributed by atoms with Crippen LogP contribution in [0.3, 0.4) is 0 Å². The lowest BCUT2D eigenvalue weighted by atomic mass is 10.2. The van der Waals surface area contributed by atoms with Gasteiger partial charge in [-0.15, -0.1) is 5.73 Å². The van der Waals surface area contributed by atoms with Gasteiger partial charge in [-0.05, 0) is 20.8 Å². The first-order valence-electron chi connectivity index (χ1n) is 9.32. The van der Waals surface area contributed by atoms with Crippen LogP contribution in [0, 0.1) is 0 Å². The lowest BCUT2D eigenvalue weighted by Crippen LogP contribution is -2.50. The van der Waals surface area contributed by atoms with Crippen LogP contribution >= 0.6 is 0 Å². The molecule has 2 aromatic heterocycles. The molecule has 29 heavy (non-hydrogen) atoms. The molecule has 1 aliphatic rings. The predicted octanol–water partition coefficient (Wildman–Crippen LogP) is 0.746. The smallest absolute Gasteiger partial charge is 0.410 e. The van der Waals surface area contributed by atoms with Gasteiger partial charge in [0.05, 0.1) is 6.20 Å². The van der Waals surface area contributed by atoms with E-state index in [-0.39, 0.29) is 17.3 Å². The summed E-state index contributed by atoms with van der Waals surface area (Å²) in [7, 11) is 3.00. The summed E-state index contributed by atoms with van der Waals surface area (Å²) in [6.07, 6.45) is 1.17. The summed E-state index contributed by atoms with van der Waals surface area (Å²) < 4.78 is 9.40. The molecule has 0 atom stereocenters. The fourth-order valence-electron chi connectivity index (χ4n) is 3.26. The molecule has 10 nitrogen and oxygen atoms in total. The van der Waals surface area contributed by atoms with Crippen molar-refractivity contribution >= 4 is 29.4 Å². The highest BCUT2D eigenvalue weighted by Crippen LogP contribution is 2.22. The number of ether oxygens (including phenoxy) is 1. The zero-order valence-corrected chi connectivity index (χ0v) is 17.4. The second kappa shape index (κ2) is 7.29. The zero-order valence-electron chi connectivity index (χ0n) is 17.4. The molecule has 0 bridgehead atoms. The van der Waals surface area contributed by atoms with Crippen molar-refractivity contribution < 1.29 is 9.53 Å². The maximum absolute atomic E-state index is 12.7. The molecule has 0 aromatic carbocycles. The number of amides is 1. The van der Waals surface area contributed by atoms with Crippen molar-refractivity contribution in [1.29, 1.82) is 0 Å². The topological polar surface area (TPSA) is 94.6 Å². The van der Waals surface area contributed by atoms with E-state index < -0.39 is 16.9 Å². The molecular weight excluding hydrogens is 376 g/mol. The Balaban J connectivity index is 1.97. The number of piperazine rings is 1. The SMILES string of the molecule is C=C=Cn1c(N2CCN(C(=O)OC(C)(C)C)CC2)nc2c1c(=O)n(C)c(=O)n2C. The molecule has 1 amide bonds. The van der Waals surface area contributed by atoms with Gasteiger partial charge < -0.3 is 14.5 Å². The van der Waals surface area contributed by atoms with E-state index in [4.69, 9.17) is 4.74 Å². The third-order valence-electron chi connectivity index (χ3n) is 4.71. The van der Waals surface area contributed by atoms with Gasteiger partial charge in [0.2, 0.25) is 5.95 Å². The summed E-state index contributed by atoms with van der Waals surface area (Å²) >= 11 is 0. The average Bonchev–Trinajstić information content (AvgIpc) is 3.03. The van der Waals surface area contributed by atoms with Crippen molar-refractivity contribution in [1.82, 2.24) is 23.6 Å². The molecule has 1 fully saturated rings. The summed E-state index contributed by atoms with van der Waals surface area (Å²) in [6.45, 7) is 11.0. The first-order valence-corrected chi connectivity index (χ1v) is 9.32. The Labute approximate surface area is 167 Å². The molecule has 0 N–H and O–H groups in total. The van der Waals surface area contributed by atoms with E-state index in [9.17, 15) is 14.4 Å². The Morgan fingerprint density at radius 2 is 1.76 bits per heavy atom. The van der Waals surface area contributed by atoms with Crippen LogP contribution in [0.1, 0.15) is 20.8 Å². The van der Waals surface area contributed by atoms with Gasteiger partial charge in [-0.25, -0.2) is 9.59 Å². The summed E-state index contributed by atoms with van der Waals surface area (Å²) in [5.74, 6) is 0.498. The van der Waals surface area contributed by atoms with E-state index in [1.807, 2.05) is 25.7 Å². The highest BCUT2D eigenvalue weighted by Gasteiger charge is 2.29. The van der Waals surface area contributed by atoms with Crippen LogP contribution in [0.15, 0.2) is 21.9 Å². The van der Waals surface area contributed by atoms with Crippen LogP contribution in [0.5, 0.6) is 0 Å². The average molecular weight is 402 g/mol. The van der Waals surface area contributed by atoms with E-state index in [1.165, 1.54) is 17.8 Å². The number of nitrogens with zero attached hydrogens (tertiary/aromatic N) is 6. The fraction of sp³-hybridized carbons (Fsp3) is 0.526. The molecule has 10 heteroatoms. The Morgan fingerprint density at radius 1 is 1.14 bits per heavy atom. The molecule has 3 heterocycles. The van der Waals surface area contributed by atoms with Crippen LogP contribution in [0.25, 0.3) is 17.4 Å². The van der Waals surface area contributed by atoms with Crippen molar-refractivity contribution in [2.45, 2.75) is 26.4 Å². The Hall–Kier alpha value is -3.26. The molecule has 1 saturated heterocycles. The van der Waals surface area contributed by atoms with E-state index in [0.717, 1.165) is 4.57 Å². The minimum Gasteiger partial charge on any atom is -0.444 e. The van der Waals surface area contributed by atoms with Gasteiger partial charge in [-0.3, -0.25) is 18.5 Å². The normalized spacial score (nSPS) is 14.8. The number of fused-ring (bicyclic) bond motifs is 1. The van der Waals surface area contributed by atoms with Gasteiger partial charge in [0.1, 0.15) is 5.60 Å². The molecular formula is C19H26N6O4. The van der Waals surface area contributed by atoms with Crippen LogP contribution in [0.4, 0.5) is 10.7 Å². The van der Waals surface area contributed by atoms with Gasteiger partial charge in [-0.1, -0.05) is 6.58 Å². The Kier molecular flexibility index (Phi) is 5.15. The second-order valence-corrected chi connectivity index (χ2v) is 7.95. The van der Waals surface area contributed by atoms with Gasteiger partial charge in [-0.2, -0.15) is 4.98 Å². The molecule has 0 unspecified atom stereocenters. The molecule has 2 aromatic rings. The van der Waals surface area contributed by atoms with Crippen LogP contribution < -0.4 is 16.1 Å². The lowest BCUT2D eigenvalue weighted by molar-refractivity contribution is 0.0240. The molecule has 0 aliphatic carbocycles. The summed E-state index contributed by atoms with van der Waals surface area (Å²) in [5.41, 5.74) is 1.79. The third kappa shape index (κ3) is 3.71. The first kappa shape index (κ1) is 20.5. The highest BCUT2D eigenvalue weighted by atomic mass is 16.6. The maximum Gasteiger partial charge on any atom is 0.410 e. The quantitative estimate of drug-likeness (QED) is 0.688. The minimum absolute atomic E-state index is 0.273. The predicted molar refractivity (Wildman–Crippen MR) is 110 cm³/mol. The van der Waals surface area contributed by atoms with Gasteiger partial charge in [0.15, 0.2) is 11.2 Å². The molecule has 0 radical (unpaired) electrons. The second-order valence-electron chi connectivity index (χ2n) is 7.95. The van der Waals surface area contributed by atoms with Crippen LogP contribution in [-0.2, 0) is 18.8 Å². The lowest BCUT2D eigenvalue weighted by Gasteiger charge is -2.35. The number of hydrogen-bond donors (Lipinski definition) is 0. The summed E-state index contributed by atoms with van der Waals surface area (Å²) in [5, 5.41) is 0. The molecule has 3 rings (SSSR count). The van der Waals surface area contributed by atoms with Crippen LogP contribution in [0.2, 0.25) is 0 Å². The molecule has 0 spiro atoms. The van der Waals surface area contributed by atoms with Crippen molar-refractivity contribution in [2.24, 2.45) is 14.1 Å². The number of carbonyl (C=O) groups excluding carboxylic acids is 1. The number of aryl methyl sites for hydroxylation is 1. The summed E-state index contributed by atoms with van der Waals surface area (Å²) in [4.78, 5) is 45.4. The number of anilines is 1. The Bertz CT molecular complexity index is 1120. The van der Waals surface area contributed by atoms with E-state index in [2.05, 4.69) is 17.3 Å². The van der Waals surface area contributed by atoms with Gasteiger partial charge in [0, 0.05) is 40.3 Å². The third-order valence-corrected chi connectivity index (χ3v) is 4.71. The summed E-state index contributed by atoms with van der Waals surface area (Å²) in [6, 6.07) is 0. The molecule has 1 aliphatic heterocycles. The monoisotopic (exact) mass is 402 g/mol. The van der Waals surface area contributed by atoms with Crippen molar-refractivity contribution in [2.75, 3.05) is 31.1 Å². The number of imidazole rings is 1. The van der Waals surface area contributed by atoms with Crippen molar-refractivity contribution in [3.63, 3.8) is 0 Å². The number of rotatable bonds is 2. The zero-order chi connectivity index (χ0) is 21.5. The van der Waals surface area contributed by atoms with E-state index in [0.29, 0.717) is 32.1 Å². The van der Waals surface area contributed by atoms with Crippen molar-refractivity contribution in [3.8, 4) is 0 Å². The number of carbonyl (C=O) groups is 1. The standard InChI is InChI=1S/C19H26N6O4/c1-7-8-25-13-14(21(5)17(27)22(6)15(13)26)20-16(25)23-9-11-24(12-10-23)18(28)29-19(2,3)4/h8H,1,9-12H2,2-6H3.